The summed E-state index contributed by atoms with van der Waals surface area (Å²) in [6.07, 6.45) is 4.68. The van der Waals surface area contributed by atoms with Crippen LogP contribution in [0.3, 0.4) is 0 Å². The molecule has 1 aromatic carbocycles. The predicted molar refractivity (Wildman–Crippen MR) is 103 cm³/mol. The summed E-state index contributed by atoms with van der Waals surface area (Å²) in [6, 6.07) is 7.49. The molecule has 1 fully saturated rings. The number of H-pyrrole nitrogens is 1. The van der Waals surface area contributed by atoms with Gasteiger partial charge >= 0.3 is 5.69 Å². The fourth-order valence-electron chi connectivity index (χ4n) is 3.63. The molecule has 3 heterocycles. The fourth-order valence-corrected chi connectivity index (χ4v) is 3.63. The molecule has 150 valence electrons. The number of likely N-dealkylation sites (tertiary alicyclic amines) is 1. The van der Waals surface area contributed by atoms with Crippen LogP contribution >= 0.6 is 0 Å². The third-order valence-electron chi connectivity index (χ3n) is 5.01. The van der Waals surface area contributed by atoms with E-state index in [1.807, 2.05) is 0 Å². The van der Waals surface area contributed by atoms with Crippen molar-refractivity contribution < 1.29 is 13.6 Å². The van der Waals surface area contributed by atoms with Crippen LogP contribution in [-0.2, 0) is 6.42 Å². The van der Waals surface area contributed by atoms with Crippen molar-refractivity contribution in [3.8, 4) is 0 Å². The predicted octanol–water partition coefficient (Wildman–Crippen LogP) is 3.16. The van der Waals surface area contributed by atoms with Crippen molar-refractivity contribution >= 4 is 5.91 Å². The minimum Gasteiger partial charge on any atom is -0.443 e. The summed E-state index contributed by atoms with van der Waals surface area (Å²) < 4.78 is 19.0. The van der Waals surface area contributed by atoms with E-state index in [0.717, 1.165) is 24.8 Å². The molecule has 3 aromatic rings. The molecular formula is C21H21FN4O3. The zero-order valence-corrected chi connectivity index (χ0v) is 16.0. The largest absolute Gasteiger partial charge is 0.443 e. The van der Waals surface area contributed by atoms with Crippen LogP contribution in [0.15, 0.2) is 45.7 Å². The number of benzene rings is 1. The van der Waals surface area contributed by atoms with Crippen LogP contribution in [-0.4, -0.2) is 32.3 Å². The maximum Gasteiger partial charge on any atom is 0.345 e. The van der Waals surface area contributed by atoms with Gasteiger partial charge in [0.1, 0.15) is 23.3 Å². The summed E-state index contributed by atoms with van der Waals surface area (Å²) in [5, 5.41) is 0. The van der Waals surface area contributed by atoms with Crippen LogP contribution in [0, 0.1) is 12.7 Å². The number of hydrogen-bond donors (Lipinski definition) is 1. The average Bonchev–Trinajstić information content (AvgIpc) is 3.17. The monoisotopic (exact) mass is 396 g/mol. The summed E-state index contributed by atoms with van der Waals surface area (Å²) in [6.45, 7) is 2.26. The average molecular weight is 396 g/mol. The van der Waals surface area contributed by atoms with Crippen LogP contribution in [0.1, 0.15) is 58.7 Å². The number of carbonyl (C=O) groups excluding carboxylic acids is 1. The first-order chi connectivity index (χ1) is 14.0. The van der Waals surface area contributed by atoms with E-state index < -0.39 is 5.69 Å². The Morgan fingerprint density at radius 3 is 2.86 bits per heavy atom. The number of nitrogens with zero attached hydrogens (tertiary/aromatic N) is 3. The van der Waals surface area contributed by atoms with Crippen molar-refractivity contribution in [1.29, 1.82) is 0 Å². The lowest BCUT2D eigenvalue weighted by Crippen LogP contribution is -2.39. The number of aromatic amines is 1. The third-order valence-corrected chi connectivity index (χ3v) is 5.01. The van der Waals surface area contributed by atoms with Crippen LogP contribution in [0.2, 0.25) is 0 Å². The highest BCUT2D eigenvalue weighted by Gasteiger charge is 2.32. The van der Waals surface area contributed by atoms with Gasteiger partial charge in [0, 0.05) is 18.7 Å². The number of carbonyl (C=O) groups is 1. The van der Waals surface area contributed by atoms with E-state index in [1.54, 1.807) is 36.2 Å². The van der Waals surface area contributed by atoms with Crippen molar-refractivity contribution in [2.24, 2.45) is 0 Å². The van der Waals surface area contributed by atoms with E-state index in [9.17, 15) is 14.0 Å². The molecule has 0 aliphatic carbocycles. The first-order valence-electron chi connectivity index (χ1n) is 9.57. The second-order valence-electron chi connectivity index (χ2n) is 7.23. The van der Waals surface area contributed by atoms with Gasteiger partial charge in [0.2, 0.25) is 5.89 Å². The summed E-state index contributed by atoms with van der Waals surface area (Å²) in [4.78, 5) is 37.1. The molecule has 1 atom stereocenters. The van der Waals surface area contributed by atoms with Crippen molar-refractivity contribution in [2.75, 3.05) is 6.54 Å². The molecule has 0 bridgehead atoms. The van der Waals surface area contributed by atoms with E-state index in [-0.39, 0.29) is 23.5 Å². The standard InChI is InChI=1S/C21H21FN4O3/c1-13-10-17(25-21(28)24-13)20(27)26-9-3-2-4-18(26)19-23-12-16(29-19)11-14-5-7-15(22)8-6-14/h5-8,10,12,18H,2-4,9,11H2,1H3,(H,24,25,28). The molecule has 1 aliphatic heterocycles. The summed E-state index contributed by atoms with van der Waals surface area (Å²) in [5.41, 5.74) is 1.07. The molecule has 1 aliphatic rings. The molecule has 7 nitrogen and oxygen atoms in total. The number of oxazole rings is 1. The third kappa shape index (κ3) is 4.26. The Morgan fingerprint density at radius 2 is 2.10 bits per heavy atom. The molecule has 1 saturated heterocycles. The maximum atomic E-state index is 13.1. The first-order valence-corrected chi connectivity index (χ1v) is 9.57. The van der Waals surface area contributed by atoms with Gasteiger partial charge in [-0.1, -0.05) is 12.1 Å². The Balaban J connectivity index is 1.56. The minimum atomic E-state index is -0.542. The number of rotatable bonds is 4. The van der Waals surface area contributed by atoms with Crippen molar-refractivity contribution in [3.63, 3.8) is 0 Å². The lowest BCUT2D eigenvalue weighted by molar-refractivity contribution is 0.0563. The summed E-state index contributed by atoms with van der Waals surface area (Å²) in [5.74, 6) is 0.528. The van der Waals surface area contributed by atoms with Crippen LogP contribution in [0.4, 0.5) is 4.39 Å². The van der Waals surface area contributed by atoms with E-state index in [1.165, 1.54) is 12.1 Å². The topological polar surface area (TPSA) is 92.1 Å². The molecule has 4 rings (SSSR count). The molecule has 0 spiro atoms. The van der Waals surface area contributed by atoms with Crippen LogP contribution in [0.5, 0.6) is 0 Å². The van der Waals surface area contributed by atoms with E-state index in [0.29, 0.717) is 30.3 Å². The van der Waals surface area contributed by atoms with Crippen molar-refractivity contribution in [2.45, 2.75) is 38.6 Å². The van der Waals surface area contributed by atoms with E-state index >= 15 is 0 Å². The van der Waals surface area contributed by atoms with Gasteiger partial charge in [-0.15, -0.1) is 0 Å². The Labute approximate surface area is 166 Å². The number of nitrogens with one attached hydrogen (secondary N) is 1. The molecule has 29 heavy (non-hydrogen) atoms. The Hall–Kier alpha value is -3.29. The van der Waals surface area contributed by atoms with Crippen LogP contribution in [0.25, 0.3) is 0 Å². The van der Waals surface area contributed by atoms with Crippen molar-refractivity contribution in [3.05, 3.63) is 81.4 Å². The fraction of sp³-hybridized carbons (Fsp3) is 0.333. The van der Waals surface area contributed by atoms with Gasteiger partial charge in [0.25, 0.3) is 5.91 Å². The molecule has 0 saturated carbocycles. The Kier molecular flexibility index (Phi) is 5.24. The van der Waals surface area contributed by atoms with Gasteiger partial charge in [-0.25, -0.2) is 14.2 Å². The number of aryl methyl sites for hydroxylation is 1. The first kappa shape index (κ1) is 19.0. The van der Waals surface area contributed by atoms with Gasteiger partial charge in [-0.3, -0.25) is 4.79 Å². The van der Waals surface area contributed by atoms with Gasteiger partial charge in [-0.05, 0) is 49.9 Å². The zero-order valence-electron chi connectivity index (χ0n) is 16.0. The normalized spacial score (nSPS) is 16.8. The quantitative estimate of drug-likeness (QED) is 0.731. The van der Waals surface area contributed by atoms with Gasteiger partial charge < -0.3 is 14.3 Å². The number of aromatic nitrogens is 3. The van der Waals surface area contributed by atoms with Crippen LogP contribution < -0.4 is 5.69 Å². The molecule has 1 amide bonds. The highest BCUT2D eigenvalue weighted by molar-refractivity contribution is 5.92. The number of amides is 1. The molecule has 2 aromatic heterocycles. The second-order valence-corrected chi connectivity index (χ2v) is 7.23. The maximum absolute atomic E-state index is 13.1. The lowest BCUT2D eigenvalue weighted by atomic mass is 10.0. The lowest BCUT2D eigenvalue weighted by Gasteiger charge is -2.33. The molecule has 0 radical (unpaired) electrons. The van der Waals surface area contributed by atoms with Gasteiger partial charge in [0.15, 0.2) is 0 Å². The summed E-state index contributed by atoms with van der Waals surface area (Å²) in [7, 11) is 0. The van der Waals surface area contributed by atoms with E-state index in [4.69, 9.17) is 4.42 Å². The van der Waals surface area contributed by atoms with E-state index in [2.05, 4.69) is 15.0 Å². The highest BCUT2D eigenvalue weighted by Crippen LogP contribution is 2.32. The van der Waals surface area contributed by atoms with Gasteiger partial charge in [-0.2, -0.15) is 4.98 Å². The number of piperidine rings is 1. The minimum absolute atomic E-state index is 0.122. The molecular weight excluding hydrogens is 375 g/mol. The summed E-state index contributed by atoms with van der Waals surface area (Å²) >= 11 is 0. The SMILES string of the molecule is Cc1cc(C(=O)N2CCCCC2c2ncc(Cc3ccc(F)cc3)o2)nc(=O)[nH]1. The second kappa shape index (κ2) is 7.98. The molecule has 1 unspecified atom stereocenters. The number of halogens is 1. The number of hydrogen-bond acceptors (Lipinski definition) is 5. The Morgan fingerprint density at radius 1 is 1.31 bits per heavy atom. The molecule has 1 N–H and O–H groups in total. The molecule has 8 heteroatoms. The van der Waals surface area contributed by atoms with Gasteiger partial charge in [0.05, 0.1) is 6.20 Å². The smallest absolute Gasteiger partial charge is 0.345 e. The zero-order chi connectivity index (χ0) is 20.4. The van der Waals surface area contributed by atoms with Crippen molar-refractivity contribution in [1.82, 2.24) is 19.9 Å². The highest BCUT2D eigenvalue weighted by atomic mass is 19.1. The Bertz CT molecular complexity index is 1070.